The molecular weight excluding hydrogens is 568 g/mol. The van der Waals surface area contributed by atoms with Gasteiger partial charge in [-0.3, -0.25) is 4.79 Å². The molecule has 1 aromatic heterocycles. The van der Waals surface area contributed by atoms with E-state index in [1.165, 1.54) is 12.8 Å². The average Bonchev–Trinajstić information content (AvgIpc) is 3.65. The Bertz CT molecular complexity index is 1330. The second kappa shape index (κ2) is 12.4. The number of nitrogens with zero attached hydrogens (tertiary/aromatic N) is 2. The smallest absolute Gasteiger partial charge is 0.208 e. The van der Waals surface area contributed by atoms with Crippen molar-refractivity contribution in [2.45, 2.75) is 32.5 Å². The largest absolute Gasteiger partial charge is 0.492 e. The van der Waals surface area contributed by atoms with Crippen molar-refractivity contribution >= 4 is 60.5 Å². The molecule has 2 N–H and O–H groups in total. The van der Waals surface area contributed by atoms with Gasteiger partial charge in [-0.25, -0.2) is 15.0 Å². The Hall–Kier alpha value is -2.69. The van der Waals surface area contributed by atoms with Crippen LogP contribution in [-0.2, 0) is 22.8 Å². The lowest BCUT2D eigenvalue weighted by molar-refractivity contribution is -0.106. The van der Waals surface area contributed by atoms with Crippen molar-refractivity contribution in [1.82, 2.24) is 9.55 Å². The minimum Gasteiger partial charge on any atom is -0.492 e. The molecule has 1 saturated carbocycles. The van der Waals surface area contributed by atoms with Crippen molar-refractivity contribution in [2.24, 2.45) is 5.92 Å². The molecular formula is C28H35BrN4O4S. The SMILES string of the molecule is CS(C)(C)CCOCn1c(CNc2ccccc2C(=O)C(=N)CC=O)nc2cc(OCC3CC3)c(Br)cc21. The summed E-state index contributed by atoms with van der Waals surface area (Å²) in [6.07, 6.45) is 9.61. The third-order valence-corrected chi connectivity index (χ3v) is 8.29. The van der Waals surface area contributed by atoms with Gasteiger partial charge in [0, 0.05) is 29.5 Å². The maximum Gasteiger partial charge on any atom is 0.208 e. The number of imidazole rings is 1. The molecule has 3 aromatic rings. The molecule has 10 heteroatoms. The number of hydrogen-bond acceptors (Lipinski definition) is 7. The van der Waals surface area contributed by atoms with Crippen molar-refractivity contribution in [3.05, 3.63) is 52.3 Å². The number of carbonyl (C=O) groups excluding carboxylic acids is 2. The predicted octanol–water partition coefficient (Wildman–Crippen LogP) is 5.66. The van der Waals surface area contributed by atoms with E-state index in [9.17, 15) is 9.59 Å². The van der Waals surface area contributed by atoms with E-state index < -0.39 is 15.8 Å². The van der Waals surface area contributed by atoms with Crippen LogP contribution in [0.25, 0.3) is 11.0 Å². The van der Waals surface area contributed by atoms with E-state index in [2.05, 4.69) is 40.0 Å². The molecule has 1 heterocycles. The topological polar surface area (TPSA) is 106 Å². The second-order valence-corrected chi connectivity index (χ2v) is 15.8. The van der Waals surface area contributed by atoms with Crippen molar-refractivity contribution in [2.75, 3.05) is 43.1 Å². The molecule has 8 nitrogen and oxygen atoms in total. The first-order chi connectivity index (χ1) is 18.2. The standard InChI is InChI=1S/C28H35BrN4O4S/c1-38(2,3)13-12-36-18-33-25-14-21(29)26(37-17-19-8-9-19)15-24(25)32-27(33)16-31-23-7-5-4-6-20(23)28(35)22(30)10-11-34/h4-7,11,14-15,19,30-31H,8-10,12-13,16-18H2,1-3H3. The monoisotopic (exact) mass is 602 g/mol. The molecule has 0 aliphatic heterocycles. The first-order valence-corrected chi connectivity index (χ1v) is 16.4. The van der Waals surface area contributed by atoms with Crippen LogP contribution in [0.2, 0.25) is 0 Å². The number of aldehydes is 1. The fraction of sp³-hybridized carbons (Fsp3) is 0.429. The van der Waals surface area contributed by atoms with Gasteiger partial charge in [-0.05, 0) is 71.7 Å². The summed E-state index contributed by atoms with van der Waals surface area (Å²) < 4.78 is 15.0. The van der Waals surface area contributed by atoms with Gasteiger partial charge in [-0.1, -0.05) is 12.1 Å². The molecule has 0 atom stereocenters. The van der Waals surface area contributed by atoms with Crippen molar-refractivity contribution in [3.8, 4) is 5.75 Å². The number of halogens is 1. The summed E-state index contributed by atoms with van der Waals surface area (Å²) in [5, 5.41) is 11.2. The summed E-state index contributed by atoms with van der Waals surface area (Å²) in [5.41, 5.74) is 2.42. The van der Waals surface area contributed by atoms with E-state index in [4.69, 9.17) is 19.9 Å². The normalized spacial score (nSPS) is 13.9. The van der Waals surface area contributed by atoms with Gasteiger partial charge in [-0.2, -0.15) is 0 Å². The number of ether oxygens (including phenoxy) is 2. The van der Waals surface area contributed by atoms with E-state index in [0.29, 0.717) is 49.9 Å². The Morgan fingerprint density at radius 1 is 1.26 bits per heavy atom. The van der Waals surface area contributed by atoms with E-state index in [1.807, 2.05) is 22.8 Å². The van der Waals surface area contributed by atoms with Gasteiger partial charge in [0.25, 0.3) is 0 Å². The summed E-state index contributed by atoms with van der Waals surface area (Å²) in [7, 11) is -0.666. The zero-order valence-electron chi connectivity index (χ0n) is 22.1. The number of Topliss-reactive ketones (excluding diaryl/α,β-unsaturated/α-hetero) is 1. The summed E-state index contributed by atoms with van der Waals surface area (Å²) in [6.45, 7) is 2.05. The summed E-state index contributed by atoms with van der Waals surface area (Å²) >= 11 is 3.67. The molecule has 0 spiro atoms. The maximum absolute atomic E-state index is 12.7. The fourth-order valence-electron chi connectivity index (χ4n) is 3.87. The van der Waals surface area contributed by atoms with Crippen LogP contribution in [0.3, 0.4) is 0 Å². The zero-order valence-corrected chi connectivity index (χ0v) is 24.5. The number of rotatable bonds is 15. The van der Waals surface area contributed by atoms with Crippen molar-refractivity contribution in [3.63, 3.8) is 0 Å². The third kappa shape index (κ3) is 7.45. The Morgan fingerprint density at radius 3 is 2.74 bits per heavy atom. The molecule has 1 fully saturated rings. The van der Waals surface area contributed by atoms with Gasteiger partial charge in [0.2, 0.25) is 5.78 Å². The molecule has 2 aromatic carbocycles. The maximum atomic E-state index is 12.7. The van der Waals surface area contributed by atoms with E-state index in [0.717, 1.165) is 32.8 Å². The molecule has 1 aliphatic carbocycles. The molecule has 0 radical (unpaired) electrons. The number of para-hydroxylation sites is 1. The lowest BCUT2D eigenvalue weighted by Gasteiger charge is -2.24. The molecule has 4 rings (SSSR count). The molecule has 0 unspecified atom stereocenters. The fourth-order valence-corrected chi connectivity index (χ4v) is 4.93. The highest BCUT2D eigenvalue weighted by Gasteiger charge is 2.23. The summed E-state index contributed by atoms with van der Waals surface area (Å²) in [5.74, 6) is 2.71. The number of nitrogens with one attached hydrogen (secondary N) is 2. The van der Waals surface area contributed by atoms with Crippen molar-refractivity contribution < 1.29 is 19.1 Å². The third-order valence-electron chi connectivity index (χ3n) is 6.28. The van der Waals surface area contributed by atoms with Crippen LogP contribution in [0.5, 0.6) is 5.75 Å². The number of fused-ring (bicyclic) bond motifs is 1. The van der Waals surface area contributed by atoms with Gasteiger partial charge >= 0.3 is 0 Å². The van der Waals surface area contributed by atoms with Crippen LogP contribution in [0.1, 0.15) is 35.4 Å². The van der Waals surface area contributed by atoms with Gasteiger partial charge in [0.05, 0.1) is 41.0 Å². The lowest BCUT2D eigenvalue weighted by atomic mass is 10.0. The Labute approximate surface area is 233 Å². The quantitative estimate of drug-likeness (QED) is 0.101. The molecule has 38 heavy (non-hydrogen) atoms. The number of ketones is 1. The highest BCUT2D eigenvalue weighted by atomic mass is 79.9. The minimum absolute atomic E-state index is 0.212. The van der Waals surface area contributed by atoms with Crippen LogP contribution in [0.15, 0.2) is 40.9 Å². The number of anilines is 1. The van der Waals surface area contributed by atoms with Crippen LogP contribution in [-0.4, -0.2) is 65.1 Å². The van der Waals surface area contributed by atoms with Crippen molar-refractivity contribution in [1.29, 1.82) is 5.41 Å². The molecule has 0 amide bonds. The summed E-state index contributed by atoms with van der Waals surface area (Å²) in [6, 6.07) is 11.0. The molecule has 0 bridgehead atoms. The van der Waals surface area contributed by atoms with Gasteiger partial charge in [0.15, 0.2) is 0 Å². The first-order valence-electron chi connectivity index (χ1n) is 12.6. The predicted molar refractivity (Wildman–Crippen MR) is 158 cm³/mol. The van der Waals surface area contributed by atoms with E-state index in [-0.39, 0.29) is 12.1 Å². The van der Waals surface area contributed by atoms with Crippen LogP contribution in [0.4, 0.5) is 5.69 Å². The average molecular weight is 604 g/mol. The Balaban J connectivity index is 1.59. The Kier molecular flexibility index (Phi) is 9.27. The Morgan fingerprint density at radius 2 is 2.03 bits per heavy atom. The number of benzene rings is 2. The number of hydrogen-bond donors (Lipinski definition) is 2. The highest BCUT2D eigenvalue weighted by Crippen LogP contribution is 2.35. The highest BCUT2D eigenvalue weighted by molar-refractivity contribution is 9.10. The van der Waals surface area contributed by atoms with Gasteiger partial charge in [0.1, 0.15) is 24.6 Å². The number of aromatic nitrogens is 2. The van der Waals surface area contributed by atoms with E-state index >= 15 is 0 Å². The summed E-state index contributed by atoms with van der Waals surface area (Å²) in [4.78, 5) is 28.4. The molecule has 1 aliphatic rings. The molecule has 0 saturated heterocycles. The van der Waals surface area contributed by atoms with Gasteiger partial charge < -0.3 is 29.6 Å². The van der Waals surface area contributed by atoms with Crippen LogP contribution < -0.4 is 10.1 Å². The second-order valence-electron chi connectivity index (χ2n) is 10.4. The van der Waals surface area contributed by atoms with Gasteiger partial charge in [-0.15, -0.1) is 0 Å². The minimum atomic E-state index is -0.666. The lowest BCUT2D eigenvalue weighted by Crippen LogP contribution is -2.17. The zero-order chi connectivity index (χ0) is 27.3. The van der Waals surface area contributed by atoms with Crippen LogP contribution in [0, 0.1) is 11.3 Å². The van der Waals surface area contributed by atoms with Crippen LogP contribution >= 0.6 is 26.0 Å². The first kappa shape index (κ1) is 28.3. The number of carbonyl (C=O) groups is 2. The molecule has 204 valence electrons. The van der Waals surface area contributed by atoms with E-state index in [1.54, 1.807) is 18.2 Å².